The summed E-state index contributed by atoms with van der Waals surface area (Å²) in [6, 6.07) is 22.4. The van der Waals surface area contributed by atoms with E-state index in [1.807, 2.05) is 49.4 Å². The van der Waals surface area contributed by atoms with Crippen molar-refractivity contribution in [2.24, 2.45) is 0 Å². The van der Waals surface area contributed by atoms with Crippen LogP contribution in [-0.4, -0.2) is 13.4 Å². The van der Waals surface area contributed by atoms with Gasteiger partial charge in [0.05, 0.1) is 6.61 Å². The van der Waals surface area contributed by atoms with Crippen LogP contribution in [0.4, 0.5) is 0 Å². The minimum absolute atomic E-state index is 0.152. The van der Waals surface area contributed by atoms with E-state index in [2.05, 4.69) is 31.2 Å². The summed E-state index contributed by atoms with van der Waals surface area (Å²) in [7, 11) is 0. The van der Waals surface area contributed by atoms with Gasteiger partial charge in [-0.2, -0.15) is 0 Å². The highest BCUT2D eigenvalue weighted by atomic mass is 16.7. The van der Waals surface area contributed by atoms with Gasteiger partial charge in [-0.3, -0.25) is 0 Å². The van der Waals surface area contributed by atoms with Gasteiger partial charge in [-0.25, -0.2) is 0 Å². The van der Waals surface area contributed by atoms with E-state index < -0.39 is 0 Å². The first kappa shape index (κ1) is 18.2. The van der Waals surface area contributed by atoms with E-state index in [1.54, 1.807) is 0 Å². The summed E-state index contributed by atoms with van der Waals surface area (Å²) in [5, 5.41) is 0. The molecule has 1 heterocycles. The molecule has 0 fully saturated rings. The highest BCUT2D eigenvalue weighted by Crippen LogP contribution is 2.42. The fraction of sp³-hybridized carbons (Fsp3) is 0.250. The summed E-state index contributed by atoms with van der Waals surface area (Å²) < 4.78 is 22.8. The van der Waals surface area contributed by atoms with Gasteiger partial charge in [0.15, 0.2) is 11.5 Å². The van der Waals surface area contributed by atoms with E-state index in [4.69, 9.17) is 18.9 Å². The summed E-state index contributed by atoms with van der Waals surface area (Å²) in [5.74, 6) is 3.36. The van der Waals surface area contributed by atoms with E-state index in [-0.39, 0.29) is 12.7 Å². The van der Waals surface area contributed by atoms with Crippen molar-refractivity contribution >= 4 is 0 Å². The Hall–Kier alpha value is -3.14. The van der Waals surface area contributed by atoms with Gasteiger partial charge < -0.3 is 18.9 Å². The molecule has 0 N–H and O–H groups in total. The van der Waals surface area contributed by atoms with E-state index in [0.717, 1.165) is 34.1 Å². The van der Waals surface area contributed by atoms with Gasteiger partial charge >= 0.3 is 0 Å². The molecule has 1 atom stereocenters. The highest BCUT2D eigenvalue weighted by molar-refractivity contribution is 5.54. The minimum Gasteiger partial charge on any atom is -0.493 e. The number of ether oxygens (including phenoxy) is 4. The molecule has 0 amide bonds. The van der Waals surface area contributed by atoms with E-state index in [0.29, 0.717) is 13.2 Å². The maximum Gasteiger partial charge on any atom is 0.231 e. The molecule has 1 aliphatic rings. The van der Waals surface area contributed by atoms with Crippen LogP contribution in [0.15, 0.2) is 66.7 Å². The molecular weight excluding hydrogens is 352 g/mol. The fourth-order valence-electron chi connectivity index (χ4n) is 3.33. The van der Waals surface area contributed by atoms with Gasteiger partial charge in [0.25, 0.3) is 0 Å². The van der Waals surface area contributed by atoms with Crippen LogP contribution in [-0.2, 0) is 6.61 Å². The lowest BCUT2D eigenvalue weighted by Crippen LogP contribution is -2.02. The largest absolute Gasteiger partial charge is 0.493 e. The molecule has 1 unspecified atom stereocenters. The maximum atomic E-state index is 5.89. The third kappa shape index (κ3) is 3.91. The van der Waals surface area contributed by atoms with Crippen LogP contribution in [0.1, 0.15) is 36.5 Å². The highest BCUT2D eigenvalue weighted by Gasteiger charge is 2.22. The SMILES string of the molecule is CCOc1cc2c(cc1C(C)c1ccc(OCc3ccccc3)cc1)OCO2. The Labute approximate surface area is 165 Å². The van der Waals surface area contributed by atoms with Crippen LogP contribution in [0.25, 0.3) is 0 Å². The van der Waals surface area contributed by atoms with Crippen molar-refractivity contribution in [3.8, 4) is 23.0 Å². The van der Waals surface area contributed by atoms with E-state index in [1.165, 1.54) is 5.56 Å². The van der Waals surface area contributed by atoms with Crippen LogP contribution in [0.3, 0.4) is 0 Å². The molecule has 4 nitrogen and oxygen atoms in total. The molecular formula is C24H24O4. The smallest absolute Gasteiger partial charge is 0.231 e. The van der Waals surface area contributed by atoms with Gasteiger partial charge in [-0.1, -0.05) is 49.4 Å². The number of rotatable bonds is 7. The molecule has 3 aromatic carbocycles. The monoisotopic (exact) mass is 376 g/mol. The summed E-state index contributed by atoms with van der Waals surface area (Å²) in [5.41, 5.74) is 3.43. The van der Waals surface area contributed by atoms with E-state index in [9.17, 15) is 0 Å². The summed E-state index contributed by atoms with van der Waals surface area (Å²) in [6.45, 7) is 5.57. The second kappa shape index (κ2) is 8.26. The first-order valence-corrected chi connectivity index (χ1v) is 9.57. The number of hydrogen-bond donors (Lipinski definition) is 0. The predicted octanol–water partition coefficient (Wildman–Crippen LogP) is 5.54. The number of hydrogen-bond acceptors (Lipinski definition) is 4. The fourth-order valence-corrected chi connectivity index (χ4v) is 3.33. The topological polar surface area (TPSA) is 36.9 Å². The Morgan fingerprint density at radius 3 is 2.32 bits per heavy atom. The number of fused-ring (bicyclic) bond motifs is 1. The summed E-state index contributed by atoms with van der Waals surface area (Å²) in [4.78, 5) is 0. The third-order valence-electron chi connectivity index (χ3n) is 4.90. The van der Waals surface area contributed by atoms with Crippen molar-refractivity contribution in [3.63, 3.8) is 0 Å². The van der Waals surface area contributed by atoms with Crippen molar-refractivity contribution in [1.29, 1.82) is 0 Å². The average molecular weight is 376 g/mol. The predicted molar refractivity (Wildman–Crippen MR) is 108 cm³/mol. The first-order chi connectivity index (χ1) is 13.7. The molecule has 0 aliphatic carbocycles. The Kier molecular flexibility index (Phi) is 5.38. The van der Waals surface area contributed by atoms with Crippen LogP contribution < -0.4 is 18.9 Å². The zero-order valence-electron chi connectivity index (χ0n) is 16.2. The first-order valence-electron chi connectivity index (χ1n) is 9.57. The minimum atomic E-state index is 0.152. The lowest BCUT2D eigenvalue weighted by Gasteiger charge is -2.18. The summed E-state index contributed by atoms with van der Waals surface area (Å²) >= 11 is 0. The second-order valence-electron chi connectivity index (χ2n) is 6.74. The van der Waals surface area contributed by atoms with Crippen molar-refractivity contribution < 1.29 is 18.9 Å². The van der Waals surface area contributed by atoms with Crippen molar-refractivity contribution in [3.05, 3.63) is 83.4 Å². The van der Waals surface area contributed by atoms with Crippen molar-refractivity contribution in [1.82, 2.24) is 0 Å². The average Bonchev–Trinajstić information content (AvgIpc) is 3.20. The second-order valence-corrected chi connectivity index (χ2v) is 6.74. The normalized spacial score (nSPS) is 13.2. The van der Waals surface area contributed by atoms with Crippen molar-refractivity contribution in [2.75, 3.05) is 13.4 Å². The molecule has 1 aliphatic heterocycles. The molecule has 0 aromatic heterocycles. The van der Waals surface area contributed by atoms with Gasteiger partial charge in [0, 0.05) is 17.5 Å². The quantitative estimate of drug-likeness (QED) is 0.542. The van der Waals surface area contributed by atoms with Crippen LogP contribution >= 0.6 is 0 Å². The van der Waals surface area contributed by atoms with Crippen molar-refractivity contribution in [2.45, 2.75) is 26.4 Å². The van der Waals surface area contributed by atoms with Gasteiger partial charge in [0.1, 0.15) is 18.1 Å². The van der Waals surface area contributed by atoms with Crippen LogP contribution in [0.5, 0.6) is 23.0 Å². The Balaban J connectivity index is 1.51. The Morgan fingerprint density at radius 2 is 1.61 bits per heavy atom. The molecule has 144 valence electrons. The van der Waals surface area contributed by atoms with Gasteiger partial charge in [-0.05, 0) is 36.2 Å². The molecule has 4 heteroatoms. The van der Waals surface area contributed by atoms with Gasteiger partial charge in [-0.15, -0.1) is 0 Å². The molecule has 3 aromatic rings. The van der Waals surface area contributed by atoms with E-state index >= 15 is 0 Å². The Bertz CT molecular complexity index is 919. The zero-order valence-corrected chi connectivity index (χ0v) is 16.2. The molecule has 0 radical (unpaired) electrons. The van der Waals surface area contributed by atoms with Gasteiger partial charge in [0.2, 0.25) is 6.79 Å². The maximum absolute atomic E-state index is 5.89. The number of benzene rings is 3. The molecule has 0 saturated heterocycles. The molecule has 0 spiro atoms. The standard InChI is InChI=1S/C24H24O4/c1-3-25-22-14-24-23(27-16-28-24)13-21(22)17(2)19-9-11-20(12-10-19)26-15-18-7-5-4-6-8-18/h4-14,17H,3,15-16H2,1-2H3. The molecule has 0 bridgehead atoms. The lowest BCUT2D eigenvalue weighted by atomic mass is 9.92. The third-order valence-corrected chi connectivity index (χ3v) is 4.90. The molecule has 0 saturated carbocycles. The molecule has 28 heavy (non-hydrogen) atoms. The van der Waals surface area contributed by atoms with Crippen LogP contribution in [0, 0.1) is 0 Å². The van der Waals surface area contributed by atoms with Crippen LogP contribution in [0.2, 0.25) is 0 Å². The zero-order chi connectivity index (χ0) is 19.3. The summed E-state index contributed by atoms with van der Waals surface area (Å²) in [6.07, 6.45) is 0. The lowest BCUT2D eigenvalue weighted by molar-refractivity contribution is 0.173. The molecule has 4 rings (SSSR count). The Morgan fingerprint density at radius 1 is 0.893 bits per heavy atom.